The fourth-order valence-electron chi connectivity index (χ4n) is 2.08. The Morgan fingerprint density at radius 3 is 2.57 bits per heavy atom. The number of rotatable bonds is 2. The molecule has 124 valence electrons. The smallest absolute Gasteiger partial charge is 0.362 e. The predicted octanol–water partition coefficient (Wildman–Crippen LogP) is 2.45. The number of carbonyl (C=O) groups excluding carboxylic acids is 1. The van der Waals surface area contributed by atoms with Crippen LogP contribution in [0.1, 0.15) is 25.8 Å². The van der Waals surface area contributed by atoms with Gasteiger partial charge in [0.05, 0.1) is 5.71 Å². The molecule has 0 radical (unpaired) electrons. The van der Waals surface area contributed by atoms with E-state index in [2.05, 4.69) is 10.2 Å². The monoisotopic (exact) mass is 328 g/mol. The second-order valence-corrected chi connectivity index (χ2v) is 5.12. The van der Waals surface area contributed by atoms with Crippen LogP contribution in [0.5, 0.6) is 0 Å². The average molecular weight is 328 g/mol. The van der Waals surface area contributed by atoms with E-state index in [4.69, 9.17) is 0 Å². The Labute approximate surface area is 130 Å². The van der Waals surface area contributed by atoms with E-state index >= 15 is 0 Å². The van der Waals surface area contributed by atoms with Crippen molar-refractivity contribution < 1.29 is 23.1 Å². The molecule has 0 saturated carbocycles. The predicted molar refractivity (Wildman–Crippen MR) is 77.8 cm³/mol. The van der Waals surface area contributed by atoms with E-state index in [0.717, 1.165) is 0 Å². The second-order valence-electron chi connectivity index (χ2n) is 5.12. The Bertz CT molecular complexity index is 658. The fourth-order valence-corrected chi connectivity index (χ4v) is 2.08. The van der Waals surface area contributed by atoms with Gasteiger partial charge in [-0.05, 0) is 19.4 Å². The Balaban J connectivity index is 2.17. The van der Waals surface area contributed by atoms with Crippen LogP contribution >= 0.6 is 0 Å². The number of amides is 2. The van der Waals surface area contributed by atoms with Crippen LogP contribution in [0.4, 0.5) is 18.0 Å². The molecule has 0 spiro atoms. The number of carbonyl (C=O) groups is 1. The maximum atomic E-state index is 13.0. The van der Waals surface area contributed by atoms with Crippen molar-refractivity contribution in [3.63, 3.8) is 0 Å². The number of benzene rings is 1. The van der Waals surface area contributed by atoms with Crippen LogP contribution in [-0.2, 0) is 0 Å². The molecule has 1 atom stereocenters. The summed E-state index contributed by atoms with van der Waals surface area (Å²) in [5, 5.41) is 17.0. The first-order chi connectivity index (χ1) is 10.6. The van der Waals surface area contributed by atoms with Crippen LogP contribution < -0.4 is 5.43 Å². The van der Waals surface area contributed by atoms with Gasteiger partial charge in [0.15, 0.2) is 0 Å². The molecule has 23 heavy (non-hydrogen) atoms. The molecule has 1 unspecified atom stereocenters. The molecule has 2 rings (SSSR count). The van der Waals surface area contributed by atoms with Crippen molar-refractivity contribution in [3.8, 4) is 0 Å². The maximum absolute atomic E-state index is 13.0. The lowest BCUT2D eigenvalue weighted by molar-refractivity contribution is -0.297. The van der Waals surface area contributed by atoms with Crippen LogP contribution in [0, 0.1) is 0 Å². The third kappa shape index (κ3) is 3.34. The summed E-state index contributed by atoms with van der Waals surface area (Å²) in [7, 11) is 0. The van der Waals surface area contributed by atoms with Crippen molar-refractivity contribution in [2.75, 3.05) is 0 Å². The van der Waals surface area contributed by atoms with Crippen LogP contribution in [-0.4, -0.2) is 39.5 Å². The molecule has 6 nitrogen and oxygen atoms in total. The van der Waals surface area contributed by atoms with Gasteiger partial charge in [-0.1, -0.05) is 30.3 Å². The summed E-state index contributed by atoms with van der Waals surface area (Å²) in [5.41, 5.74) is -0.304. The Morgan fingerprint density at radius 1 is 1.39 bits per heavy atom. The van der Waals surface area contributed by atoms with Gasteiger partial charge in [-0.15, -0.1) is 0 Å². The van der Waals surface area contributed by atoms with Gasteiger partial charge in [-0.2, -0.15) is 28.4 Å². The van der Waals surface area contributed by atoms with Crippen LogP contribution in [0.15, 0.2) is 40.5 Å². The molecule has 1 aromatic carbocycles. The van der Waals surface area contributed by atoms with Crippen molar-refractivity contribution >= 4 is 17.5 Å². The summed E-state index contributed by atoms with van der Waals surface area (Å²) in [6, 6.07) is 7.50. The standard InChI is InChI=1S/C14H15F3N4O2/c1-9-8-13(23,14(15,16)17)21(20-9)12(22)19-18-10(2)11-6-4-3-5-7-11/h3-7,23H,8H2,1-2H3,(H,19,22)/b18-10+. The highest BCUT2D eigenvalue weighted by atomic mass is 19.4. The third-order valence-corrected chi connectivity index (χ3v) is 3.28. The second kappa shape index (κ2) is 5.99. The van der Waals surface area contributed by atoms with Gasteiger partial charge in [0.1, 0.15) is 0 Å². The zero-order valence-electron chi connectivity index (χ0n) is 12.4. The molecule has 1 aromatic rings. The lowest BCUT2D eigenvalue weighted by Crippen LogP contribution is -2.58. The van der Waals surface area contributed by atoms with Gasteiger partial charge in [-0.25, -0.2) is 10.2 Å². The largest absolute Gasteiger partial charge is 0.438 e. The number of hydrazone groups is 2. The zero-order chi connectivity index (χ0) is 17.3. The summed E-state index contributed by atoms with van der Waals surface area (Å²) < 4.78 is 39.0. The quantitative estimate of drug-likeness (QED) is 0.646. The molecule has 0 fully saturated rings. The van der Waals surface area contributed by atoms with E-state index in [0.29, 0.717) is 11.3 Å². The van der Waals surface area contributed by atoms with E-state index in [1.807, 2.05) is 5.43 Å². The van der Waals surface area contributed by atoms with Crippen LogP contribution in [0.3, 0.4) is 0 Å². The third-order valence-electron chi connectivity index (χ3n) is 3.28. The summed E-state index contributed by atoms with van der Waals surface area (Å²) in [4.78, 5) is 11.9. The summed E-state index contributed by atoms with van der Waals surface area (Å²) in [6.45, 7) is 2.88. The number of nitrogens with zero attached hydrogens (tertiary/aromatic N) is 3. The van der Waals surface area contributed by atoms with Gasteiger partial charge < -0.3 is 5.11 Å². The van der Waals surface area contributed by atoms with Crippen LogP contribution in [0.2, 0.25) is 0 Å². The number of aliphatic hydroxyl groups is 1. The summed E-state index contributed by atoms with van der Waals surface area (Å²) >= 11 is 0. The summed E-state index contributed by atoms with van der Waals surface area (Å²) in [5.74, 6) is 0. The lowest BCUT2D eigenvalue weighted by Gasteiger charge is -2.31. The molecule has 1 heterocycles. The van der Waals surface area contributed by atoms with E-state index in [1.165, 1.54) is 6.92 Å². The first-order valence-corrected chi connectivity index (χ1v) is 6.68. The van der Waals surface area contributed by atoms with Crippen LogP contribution in [0.25, 0.3) is 0 Å². The van der Waals surface area contributed by atoms with Crippen molar-refractivity contribution in [3.05, 3.63) is 35.9 Å². The molecule has 0 aromatic heterocycles. The minimum Gasteiger partial charge on any atom is -0.362 e. The molecule has 0 saturated heterocycles. The number of hydrogen-bond acceptors (Lipinski definition) is 4. The SMILES string of the molecule is CC1=NN(C(=O)N/N=C(\C)c2ccccc2)C(O)(C(F)(F)F)C1. The molecule has 2 amide bonds. The zero-order valence-corrected chi connectivity index (χ0v) is 12.4. The van der Waals surface area contributed by atoms with Gasteiger partial charge in [-0.3, -0.25) is 0 Å². The molecular weight excluding hydrogens is 313 g/mol. The first kappa shape index (κ1) is 16.9. The highest BCUT2D eigenvalue weighted by molar-refractivity contribution is 5.99. The highest BCUT2D eigenvalue weighted by Crippen LogP contribution is 2.40. The van der Waals surface area contributed by atoms with E-state index in [-0.39, 0.29) is 10.7 Å². The Hall–Kier alpha value is -2.42. The fraction of sp³-hybridized carbons (Fsp3) is 0.357. The van der Waals surface area contributed by atoms with Crippen molar-refractivity contribution in [1.82, 2.24) is 10.4 Å². The van der Waals surface area contributed by atoms with Crippen molar-refractivity contribution in [2.24, 2.45) is 10.2 Å². The van der Waals surface area contributed by atoms with Gasteiger partial charge in [0, 0.05) is 12.1 Å². The highest BCUT2D eigenvalue weighted by Gasteiger charge is 2.62. The van der Waals surface area contributed by atoms with Gasteiger partial charge >= 0.3 is 12.2 Å². The van der Waals surface area contributed by atoms with E-state index < -0.39 is 24.4 Å². The van der Waals surface area contributed by atoms with Gasteiger partial charge in [0.2, 0.25) is 0 Å². The average Bonchev–Trinajstić information content (AvgIpc) is 2.81. The molecule has 2 N–H and O–H groups in total. The van der Waals surface area contributed by atoms with Crippen molar-refractivity contribution in [1.29, 1.82) is 0 Å². The van der Waals surface area contributed by atoms with E-state index in [1.54, 1.807) is 37.3 Å². The minimum atomic E-state index is -5.04. The molecular formula is C14H15F3N4O2. The van der Waals surface area contributed by atoms with Gasteiger partial charge in [0.25, 0.3) is 5.72 Å². The van der Waals surface area contributed by atoms with E-state index in [9.17, 15) is 23.1 Å². The molecule has 0 bridgehead atoms. The number of urea groups is 1. The number of hydrogen-bond donors (Lipinski definition) is 2. The molecule has 0 aliphatic carbocycles. The Morgan fingerprint density at radius 2 is 2.00 bits per heavy atom. The Kier molecular flexibility index (Phi) is 4.42. The number of alkyl halides is 3. The maximum Gasteiger partial charge on any atom is 0.438 e. The molecule has 1 aliphatic rings. The number of halogens is 3. The summed E-state index contributed by atoms with van der Waals surface area (Å²) in [6.07, 6.45) is -5.84. The number of nitrogens with one attached hydrogen (secondary N) is 1. The lowest BCUT2D eigenvalue weighted by atomic mass is 10.1. The first-order valence-electron chi connectivity index (χ1n) is 6.68. The normalized spacial score (nSPS) is 22.1. The topological polar surface area (TPSA) is 77.3 Å². The minimum absolute atomic E-state index is 0.0104. The molecule has 9 heteroatoms. The molecule has 1 aliphatic heterocycles. The van der Waals surface area contributed by atoms with Crippen molar-refractivity contribution in [2.45, 2.75) is 32.2 Å².